The van der Waals surface area contributed by atoms with Crippen LogP contribution in [0.3, 0.4) is 0 Å². The minimum atomic E-state index is -3.80. The van der Waals surface area contributed by atoms with E-state index in [0.29, 0.717) is 27.2 Å². The summed E-state index contributed by atoms with van der Waals surface area (Å²) in [6.45, 7) is 3.09. The zero-order chi connectivity index (χ0) is 16.8. The highest BCUT2D eigenvalue weighted by Gasteiger charge is 2.24. The van der Waals surface area contributed by atoms with Crippen molar-refractivity contribution < 1.29 is 13.2 Å². The van der Waals surface area contributed by atoms with Crippen molar-refractivity contribution >= 4 is 38.3 Å². The Labute approximate surface area is 139 Å². The Balaban J connectivity index is 2.39. The number of benzene rings is 2. The zero-order valence-corrected chi connectivity index (χ0v) is 14.1. The van der Waals surface area contributed by atoms with Gasteiger partial charge in [0.05, 0.1) is 21.1 Å². The van der Waals surface area contributed by atoms with Crippen LogP contribution in [0.15, 0.2) is 53.4 Å². The molecule has 0 aliphatic heterocycles. The summed E-state index contributed by atoms with van der Waals surface area (Å²) in [7, 11) is -3.80. The van der Waals surface area contributed by atoms with Gasteiger partial charge in [-0.05, 0) is 32.0 Å². The predicted molar refractivity (Wildman–Crippen MR) is 90.7 cm³/mol. The first-order valence-electron chi connectivity index (χ1n) is 6.96. The first kappa shape index (κ1) is 15.8. The summed E-state index contributed by atoms with van der Waals surface area (Å²) in [5.74, 6) is -0.134. The van der Waals surface area contributed by atoms with Crippen molar-refractivity contribution in [3.8, 4) is 0 Å². The fourth-order valence-corrected chi connectivity index (χ4v) is 4.44. The maximum Gasteiger partial charge on any atom is 0.268 e. The van der Waals surface area contributed by atoms with Crippen molar-refractivity contribution in [3.63, 3.8) is 0 Å². The van der Waals surface area contributed by atoms with Crippen LogP contribution in [0.1, 0.15) is 23.0 Å². The van der Waals surface area contributed by atoms with Crippen LogP contribution < -0.4 is 0 Å². The number of Topliss-reactive ketones (excluding diaryl/α,β-unsaturated/α-hetero) is 1. The molecule has 0 spiro atoms. The van der Waals surface area contributed by atoms with Gasteiger partial charge in [-0.15, -0.1) is 0 Å². The summed E-state index contributed by atoms with van der Waals surface area (Å²) in [4.78, 5) is 11.8. The molecule has 3 aromatic rings. The van der Waals surface area contributed by atoms with Crippen LogP contribution in [0.2, 0.25) is 5.02 Å². The average molecular weight is 348 g/mol. The highest BCUT2D eigenvalue weighted by molar-refractivity contribution is 7.90. The van der Waals surface area contributed by atoms with Crippen LogP contribution in [-0.4, -0.2) is 18.2 Å². The number of rotatable bonds is 3. The van der Waals surface area contributed by atoms with E-state index in [1.54, 1.807) is 43.3 Å². The lowest BCUT2D eigenvalue weighted by molar-refractivity contribution is 0.101. The lowest BCUT2D eigenvalue weighted by Crippen LogP contribution is -2.14. The molecule has 1 aromatic heterocycles. The van der Waals surface area contributed by atoms with E-state index in [0.717, 1.165) is 0 Å². The molecule has 0 aliphatic carbocycles. The van der Waals surface area contributed by atoms with Gasteiger partial charge < -0.3 is 0 Å². The molecular formula is C17H14ClNO3S. The number of nitrogens with zero attached hydrogens (tertiary/aromatic N) is 1. The van der Waals surface area contributed by atoms with Crippen LogP contribution >= 0.6 is 11.6 Å². The molecular weight excluding hydrogens is 334 g/mol. The Bertz CT molecular complexity index is 1020. The summed E-state index contributed by atoms with van der Waals surface area (Å²) in [5, 5.41) is 0.975. The van der Waals surface area contributed by atoms with Gasteiger partial charge in [-0.1, -0.05) is 41.9 Å². The summed E-state index contributed by atoms with van der Waals surface area (Å²) >= 11 is 6.30. The number of aromatic nitrogens is 1. The van der Waals surface area contributed by atoms with E-state index < -0.39 is 10.0 Å². The van der Waals surface area contributed by atoms with E-state index in [2.05, 4.69) is 0 Å². The molecule has 0 saturated heterocycles. The minimum absolute atomic E-state index is 0.134. The van der Waals surface area contributed by atoms with E-state index in [1.807, 2.05) is 0 Å². The average Bonchev–Trinajstić information content (AvgIpc) is 2.79. The van der Waals surface area contributed by atoms with Gasteiger partial charge in [0.1, 0.15) is 0 Å². The van der Waals surface area contributed by atoms with Gasteiger partial charge in [-0.3, -0.25) is 4.79 Å². The molecule has 0 radical (unpaired) electrons. The quantitative estimate of drug-likeness (QED) is 0.672. The van der Waals surface area contributed by atoms with E-state index in [-0.39, 0.29) is 10.7 Å². The summed E-state index contributed by atoms with van der Waals surface area (Å²) in [5.41, 5.74) is 1.27. The van der Waals surface area contributed by atoms with Crippen molar-refractivity contribution in [3.05, 3.63) is 64.8 Å². The van der Waals surface area contributed by atoms with Crippen LogP contribution in [0.4, 0.5) is 0 Å². The van der Waals surface area contributed by atoms with Crippen molar-refractivity contribution in [2.45, 2.75) is 18.7 Å². The molecule has 0 saturated carbocycles. The van der Waals surface area contributed by atoms with Gasteiger partial charge in [0.25, 0.3) is 10.0 Å². The van der Waals surface area contributed by atoms with E-state index in [1.165, 1.54) is 23.0 Å². The van der Waals surface area contributed by atoms with Crippen LogP contribution in [0, 0.1) is 6.92 Å². The second kappa shape index (κ2) is 5.51. The molecule has 23 heavy (non-hydrogen) atoms. The molecule has 118 valence electrons. The predicted octanol–water partition coefficient (Wildman–Crippen LogP) is 4.04. The van der Waals surface area contributed by atoms with Gasteiger partial charge in [-0.2, -0.15) is 0 Å². The third-order valence-corrected chi connectivity index (χ3v) is 6.06. The third kappa shape index (κ3) is 2.46. The zero-order valence-electron chi connectivity index (χ0n) is 12.6. The van der Waals surface area contributed by atoms with Crippen molar-refractivity contribution in [2.24, 2.45) is 0 Å². The van der Waals surface area contributed by atoms with Gasteiger partial charge in [0, 0.05) is 10.9 Å². The first-order chi connectivity index (χ1) is 10.8. The Morgan fingerprint density at radius 3 is 2.35 bits per heavy atom. The van der Waals surface area contributed by atoms with Gasteiger partial charge in [0.15, 0.2) is 5.78 Å². The second-order valence-corrected chi connectivity index (χ2v) is 7.43. The lowest BCUT2D eigenvalue weighted by atomic mass is 10.1. The SMILES string of the molecule is CC(=O)c1ccc2c(Cl)c(C)n(S(=O)(=O)c3ccccc3)c2c1. The van der Waals surface area contributed by atoms with Gasteiger partial charge >= 0.3 is 0 Å². The molecule has 3 rings (SSSR count). The first-order valence-corrected chi connectivity index (χ1v) is 8.78. The summed E-state index contributed by atoms with van der Waals surface area (Å²) < 4.78 is 27.2. The molecule has 6 heteroatoms. The molecule has 4 nitrogen and oxygen atoms in total. The van der Waals surface area contributed by atoms with Gasteiger partial charge in [-0.25, -0.2) is 12.4 Å². The van der Waals surface area contributed by atoms with Crippen LogP contribution in [0.5, 0.6) is 0 Å². The molecule has 0 bridgehead atoms. The standard InChI is InChI=1S/C17H14ClNO3S/c1-11-17(18)15-9-8-13(12(2)20)10-16(15)19(11)23(21,22)14-6-4-3-5-7-14/h3-10H,1-2H3. The molecule has 0 atom stereocenters. The highest BCUT2D eigenvalue weighted by Crippen LogP contribution is 2.33. The minimum Gasteiger partial charge on any atom is -0.295 e. The largest absolute Gasteiger partial charge is 0.295 e. The molecule has 2 aromatic carbocycles. The second-order valence-electron chi connectivity index (χ2n) is 5.27. The Hall–Kier alpha value is -2.11. The normalized spacial score (nSPS) is 11.8. The molecule has 0 aliphatic rings. The van der Waals surface area contributed by atoms with Crippen LogP contribution in [0.25, 0.3) is 10.9 Å². The van der Waals surface area contributed by atoms with Gasteiger partial charge in [0.2, 0.25) is 0 Å². The molecule has 0 amide bonds. The monoisotopic (exact) mass is 347 g/mol. The number of ketones is 1. The Morgan fingerprint density at radius 2 is 1.74 bits per heavy atom. The molecule has 0 N–H and O–H groups in total. The van der Waals surface area contributed by atoms with E-state index in [4.69, 9.17) is 11.6 Å². The fourth-order valence-electron chi connectivity index (χ4n) is 2.58. The summed E-state index contributed by atoms with van der Waals surface area (Å²) in [6.07, 6.45) is 0. The van der Waals surface area contributed by atoms with Crippen molar-refractivity contribution in [1.29, 1.82) is 0 Å². The molecule has 1 heterocycles. The molecule has 0 fully saturated rings. The maximum absolute atomic E-state index is 13.0. The topological polar surface area (TPSA) is 56.1 Å². The Kier molecular flexibility index (Phi) is 3.78. The van der Waals surface area contributed by atoms with E-state index >= 15 is 0 Å². The van der Waals surface area contributed by atoms with Crippen molar-refractivity contribution in [1.82, 2.24) is 3.97 Å². The lowest BCUT2D eigenvalue weighted by Gasteiger charge is -2.10. The van der Waals surface area contributed by atoms with Crippen molar-refractivity contribution in [2.75, 3.05) is 0 Å². The highest BCUT2D eigenvalue weighted by atomic mass is 35.5. The Morgan fingerprint density at radius 1 is 1.09 bits per heavy atom. The number of hydrogen-bond acceptors (Lipinski definition) is 3. The van der Waals surface area contributed by atoms with Crippen LogP contribution in [-0.2, 0) is 10.0 Å². The number of carbonyl (C=O) groups excluding carboxylic acids is 1. The maximum atomic E-state index is 13.0. The number of halogens is 1. The number of hydrogen-bond donors (Lipinski definition) is 0. The molecule has 0 unspecified atom stereocenters. The van der Waals surface area contributed by atoms with E-state index in [9.17, 15) is 13.2 Å². The number of carbonyl (C=O) groups is 1. The number of fused-ring (bicyclic) bond motifs is 1. The fraction of sp³-hybridized carbons (Fsp3) is 0.118. The smallest absolute Gasteiger partial charge is 0.268 e. The summed E-state index contributed by atoms with van der Waals surface area (Å²) in [6, 6.07) is 13.0. The third-order valence-electron chi connectivity index (χ3n) is 3.76.